The minimum atomic E-state index is -2.96. The van der Waals surface area contributed by atoms with Crippen molar-refractivity contribution in [3.05, 3.63) is 58.1 Å². The summed E-state index contributed by atoms with van der Waals surface area (Å²) >= 11 is 3.36. The number of nitrogens with one attached hydrogen (secondary N) is 1. The van der Waals surface area contributed by atoms with E-state index in [4.69, 9.17) is 4.74 Å². The van der Waals surface area contributed by atoms with E-state index in [1.165, 1.54) is 25.3 Å². The molecule has 1 atom stereocenters. The van der Waals surface area contributed by atoms with Gasteiger partial charge in [0.2, 0.25) is 0 Å². The summed E-state index contributed by atoms with van der Waals surface area (Å²) in [6.07, 6.45) is 0. The van der Waals surface area contributed by atoms with E-state index in [2.05, 4.69) is 26.0 Å². The van der Waals surface area contributed by atoms with Crippen LogP contribution in [0.5, 0.6) is 11.5 Å². The van der Waals surface area contributed by atoms with Gasteiger partial charge in [-0.25, -0.2) is 0 Å². The molecule has 2 aromatic carbocycles. The van der Waals surface area contributed by atoms with Gasteiger partial charge >= 0.3 is 6.61 Å². The Morgan fingerprint density at radius 1 is 1.12 bits per heavy atom. The third kappa shape index (κ3) is 4.67. The van der Waals surface area contributed by atoms with Gasteiger partial charge in [0.1, 0.15) is 0 Å². The first kappa shape index (κ1) is 18.2. The van der Waals surface area contributed by atoms with E-state index in [1.807, 2.05) is 31.2 Å². The van der Waals surface area contributed by atoms with Gasteiger partial charge in [0.05, 0.1) is 13.2 Å². The first-order chi connectivity index (χ1) is 11.4. The topological polar surface area (TPSA) is 47.6 Å². The first-order valence-corrected chi connectivity index (χ1v) is 7.89. The van der Waals surface area contributed by atoms with E-state index in [1.54, 1.807) is 0 Å². The maximum Gasteiger partial charge on any atom is 0.387 e. The molecular formula is C17H16BrF2NO3. The lowest BCUT2D eigenvalue weighted by Crippen LogP contribution is -2.26. The van der Waals surface area contributed by atoms with Crippen LogP contribution in [0.2, 0.25) is 0 Å². The number of ether oxygens (including phenoxy) is 2. The SMILES string of the molecule is COc1cc(C(=O)N[C@H](C)c2ccc(Br)cc2)ccc1OC(F)F. The summed E-state index contributed by atoms with van der Waals surface area (Å²) in [5.41, 5.74) is 1.23. The van der Waals surface area contributed by atoms with Crippen molar-refractivity contribution in [1.29, 1.82) is 0 Å². The molecule has 0 radical (unpaired) electrons. The van der Waals surface area contributed by atoms with Gasteiger partial charge in [0.15, 0.2) is 11.5 Å². The Balaban J connectivity index is 2.12. The van der Waals surface area contributed by atoms with Crippen molar-refractivity contribution in [2.45, 2.75) is 19.6 Å². The van der Waals surface area contributed by atoms with Crippen molar-refractivity contribution < 1.29 is 23.0 Å². The molecule has 0 aliphatic heterocycles. The van der Waals surface area contributed by atoms with Crippen LogP contribution in [0, 0.1) is 0 Å². The van der Waals surface area contributed by atoms with Crippen molar-refractivity contribution in [2.75, 3.05) is 7.11 Å². The molecule has 1 amide bonds. The number of halogens is 3. The molecule has 2 rings (SSSR count). The van der Waals surface area contributed by atoms with Crippen LogP contribution in [0.15, 0.2) is 46.9 Å². The summed E-state index contributed by atoms with van der Waals surface area (Å²) < 4.78 is 34.9. The molecule has 0 saturated heterocycles. The Hall–Kier alpha value is -2.15. The summed E-state index contributed by atoms with van der Waals surface area (Å²) in [6, 6.07) is 11.4. The van der Waals surface area contributed by atoms with Crippen LogP contribution in [0.4, 0.5) is 8.78 Å². The minimum absolute atomic E-state index is 0.0687. The van der Waals surface area contributed by atoms with Gasteiger partial charge < -0.3 is 14.8 Å². The highest BCUT2D eigenvalue weighted by Crippen LogP contribution is 2.29. The number of alkyl halides is 2. The van der Waals surface area contributed by atoms with Gasteiger partial charge in [-0.15, -0.1) is 0 Å². The van der Waals surface area contributed by atoms with Crippen LogP contribution in [-0.2, 0) is 0 Å². The summed E-state index contributed by atoms with van der Waals surface area (Å²) in [4.78, 5) is 12.3. The predicted octanol–water partition coefficient (Wildman–Crippen LogP) is 4.55. The molecule has 0 aliphatic carbocycles. The van der Waals surface area contributed by atoms with E-state index < -0.39 is 6.61 Å². The molecule has 0 bridgehead atoms. The standard InChI is InChI=1S/C17H16BrF2NO3/c1-10(11-3-6-13(18)7-4-11)21-16(22)12-5-8-14(24-17(19)20)15(9-12)23-2/h3-10,17H,1-2H3,(H,21,22)/t10-/m1/s1. The number of hydrogen-bond donors (Lipinski definition) is 1. The van der Waals surface area contributed by atoms with E-state index in [0.717, 1.165) is 10.0 Å². The Labute approximate surface area is 146 Å². The Kier molecular flexibility index (Phi) is 6.14. The van der Waals surface area contributed by atoms with Crippen molar-refractivity contribution in [3.8, 4) is 11.5 Å². The molecule has 0 aromatic heterocycles. The normalized spacial score (nSPS) is 11.9. The van der Waals surface area contributed by atoms with E-state index in [-0.39, 0.29) is 29.0 Å². The molecule has 1 N–H and O–H groups in total. The van der Waals surface area contributed by atoms with E-state index in [0.29, 0.717) is 0 Å². The van der Waals surface area contributed by atoms with Gasteiger partial charge in [-0.05, 0) is 42.8 Å². The summed E-state index contributed by atoms with van der Waals surface area (Å²) in [6.45, 7) is -1.11. The second-order valence-electron chi connectivity index (χ2n) is 4.99. The smallest absolute Gasteiger partial charge is 0.387 e. The molecule has 0 fully saturated rings. The average molecular weight is 400 g/mol. The number of amides is 1. The maximum absolute atomic E-state index is 12.3. The van der Waals surface area contributed by atoms with Crippen LogP contribution >= 0.6 is 15.9 Å². The largest absolute Gasteiger partial charge is 0.493 e. The Bertz CT molecular complexity index is 707. The van der Waals surface area contributed by atoms with Gasteiger partial charge in [0, 0.05) is 10.0 Å². The molecule has 2 aromatic rings. The maximum atomic E-state index is 12.3. The number of methoxy groups -OCH3 is 1. The minimum Gasteiger partial charge on any atom is -0.493 e. The fourth-order valence-corrected chi connectivity index (χ4v) is 2.38. The monoisotopic (exact) mass is 399 g/mol. The molecule has 7 heteroatoms. The Morgan fingerprint density at radius 3 is 2.38 bits per heavy atom. The number of rotatable bonds is 6. The van der Waals surface area contributed by atoms with Crippen molar-refractivity contribution >= 4 is 21.8 Å². The average Bonchev–Trinajstić information content (AvgIpc) is 2.55. The van der Waals surface area contributed by atoms with Crippen LogP contribution in [0.1, 0.15) is 28.9 Å². The van der Waals surface area contributed by atoms with Crippen LogP contribution in [-0.4, -0.2) is 19.6 Å². The van der Waals surface area contributed by atoms with Crippen LogP contribution in [0.3, 0.4) is 0 Å². The van der Waals surface area contributed by atoms with Crippen molar-refractivity contribution in [3.63, 3.8) is 0 Å². The van der Waals surface area contributed by atoms with E-state index in [9.17, 15) is 13.6 Å². The van der Waals surface area contributed by atoms with E-state index >= 15 is 0 Å². The lowest BCUT2D eigenvalue weighted by molar-refractivity contribution is -0.0512. The third-order valence-electron chi connectivity index (χ3n) is 3.36. The highest BCUT2D eigenvalue weighted by Gasteiger charge is 2.16. The number of benzene rings is 2. The second-order valence-corrected chi connectivity index (χ2v) is 5.91. The molecule has 4 nitrogen and oxygen atoms in total. The van der Waals surface area contributed by atoms with Gasteiger partial charge in [0.25, 0.3) is 5.91 Å². The summed E-state index contributed by atoms with van der Waals surface area (Å²) in [5, 5.41) is 2.84. The molecule has 0 aliphatic rings. The zero-order valence-corrected chi connectivity index (χ0v) is 14.6. The van der Waals surface area contributed by atoms with Crippen molar-refractivity contribution in [2.24, 2.45) is 0 Å². The fraction of sp³-hybridized carbons (Fsp3) is 0.235. The highest BCUT2D eigenvalue weighted by atomic mass is 79.9. The van der Waals surface area contributed by atoms with Crippen molar-refractivity contribution in [1.82, 2.24) is 5.32 Å². The number of hydrogen-bond acceptors (Lipinski definition) is 3. The molecule has 0 saturated carbocycles. The van der Waals surface area contributed by atoms with Gasteiger partial charge in [-0.2, -0.15) is 8.78 Å². The summed E-state index contributed by atoms with van der Waals surface area (Å²) in [5.74, 6) is -0.392. The zero-order chi connectivity index (χ0) is 17.7. The summed E-state index contributed by atoms with van der Waals surface area (Å²) in [7, 11) is 1.32. The van der Waals surface area contributed by atoms with Gasteiger partial charge in [-0.1, -0.05) is 28.1 Å². The zero-order valence-electron chi connectivity index (χ0n) is 13.1. The predicted molar refractivity (Wildman–Crippen MR) is 89.6 cm³/mol. The lowest BCUT2D eigenvalue weighted by atomic mass is 10.1. The third-order valence-corrected chi connectivity index (χ3v) is 3.89. The molecule has 128 valence electrons. The number of carbonyl (C=O) groups excluding carboxylic acids is 1. The lowest BCUT2D eigenvalue weighted by Gasteiger charge is -2.16. The molecule has 0 heterocycles. The molecular weight excluding hydrogens is 384 g/mol. The Morgan fingerprint density at radius 2 is 1.79 bits per heavy atom. The molecule has 0 spiro atoms. The highest BCUT2D eigenvalue weighted by molar-refractivity contribution is 9.10. The van der Waals surface area contributed by atoms with Crippen LogP contribution in [0.25, 0.3) is 0 Å². The molecule has 0 unspecified atom stereocenters. The second kappa shape index (κ2) is 8.10. The fourth-order valence-electron chi connectivity index (χ4n) is 2.12. The first-order valence-electron chi connectivity index (χ1n) is 7.10. The van der Waals surface area contributed by atoms with Gasteiger partial charge in [-0.3, -0.25) is 4.79 Å². The van der Waals surface area contributed by atoms with Crippen LogP contribution < -0.4 is 14.8 Å². The number of carbonyl (C=O) groups is 1. The quantitative estimate of drug-likeness (QED) is 0.774. The molecule has 24 heavy (non-hydrogen) atoms.